The summed E-state index contributed by atoms with van der Waals surface area (Å²) in [6.45, 7) is 3.56. The molecular weight excluding hydrogens is 282 g/mol. The van der Waals surface area contributed by atoms with Crippen LogP contribution in [0.4, 0.5) is 5.69 Å². The molecule has 22 heavy (non-hydrogen) atoms. The van der Waals surface area contributed by atoms with E-state index in [4.69, 9.17) is 0 Å². The number of nitro groups is 1. The van der Waals surface area contributed by atoms with E-state index in [0.29, 0.717) is 16.7 Å². The highest BCUT2D eigenvalue weighted by molar-refractivity contribution is 5.95. The van der Waals surface area contributed by atoms with Gasteiger partial charge in [-0.2, -0.15) is 5.10 Å². The topological polar surface area (TPSA) is 84.6 Å². The van der Waals surface area contributed by atoms with Gasteiger partial charge < -0.3 is 0 Å². The fraction of sp³-hybridized carbons (Fsp3) is 0.125. The summed E-state index contributed by atoms with van der Waals surface area (Å²) in [5.74, 6) is -0.332. The van der Waals surface area contributed by atoms with Gasteiger partial charge in [-0.3, -0.25) is 14.9 Å². The molecule has 112 valence electrons. The summed E-state index contributed by atoms with van der Waals surface area (Å²) in [5.41, 5.74) is 5.02. The van der Waals surface area contributed by atoms with E-state index < -0.39 is 4.92 Å². The first kappa shape index (κ1) is 15.4. The van der Waals surface area contributed by atoms with Crippen molar-refractivity contribution in [1.82, 2.24) is 5.43 Å². The van der Waals surface area contributed by atoms with Crippen LogP contribution >= 0.6 is 0 Å². The Hall–Kier alpha value is -3.02. The fourth-order valence-corrected chi connectivity index (χ4v) is 1.92. The largest absolute Gasteiger partial charge is 0.272 e. The lowest BCUT2D eigenvalue weighted by Gasteiger charge is -2.01. The smallest absolute Gasteiger partial charge is 0.267 e. The van der Waals surface area contributed by atoms with Gasteiger partial charge in [0.2, 0.25) is 0 Å². The molecule has 0 bridgehead atoms. The molecule has 0 saturated carbocycles. The number of hydrogen-bond acceptors (Lipinski definition) is 4. The Labute approximate surface area is 127 Å². The SMILES string of the molecule is Cc1cccc(C(=O)N/N=C/c2ccc(C)c([N+](=O)[O-])c2)c1. The minimum atomic E-state index is -0.446. The maximum atomic E-state index is 11.9. The number of nitrogens with one attached hydrogen (secondary N) is 1. The molecule has 6 heteroatoms. The van der Waals surface area contributed by atoms with Crippen molar-refractivity contribution in [2.24, 2.45) is 5.10 Å². The highest BCUT2D eigenvalue weighted by atomic mass is 16.6. The minimum Gasteiger partial charge on any atom is -0.267 e. The number of amides is 1. The zero-order valence-corrected chi connectivity index (χ0v) is 12.2. The average Bonchev–Trinajstić information content (AvgIpc) is 2.48. The molecule has 0 fully saturated rings. The van der Waals surface area contributed by atoms with Gasteiger partial charge in [-0.25, -0.2) is 5.43 Å². The number of benzene rings is 2. The molecular formula is C16H15N3O3. The number of nitrogens with zero attached hydrogens (tertiary/aromatic N) is 2. The van der Waals surface area contributed by atoms with Crippen LogP contribution in [-0.4, -0.2) is 17.0 Å². The number of aryl methyl sites for hydroxylation is 2. The van der Waals surface area contributed by atoms with E-state index in [9.17, 15) is 14.9 Å². The number of hydrogen-bond donors (Lipinski definition) is 1. The van der Waals surface area contributed by atoms with Crippen molar-refractivity contribution in [2.75, 3.05) is 0 Å². The molecule has 1 N–H and O–H groups in total. The summed E-state index contributed by atoms with van der Waals surface area (Å²) in [6, 6.07) is 11.9. The van der Waals surface area contributed by atoms with Gasteiger partial charge in [-0.15, -0.1) is 0 Å². The Morgan fingerprint density at radius 2 is 2.00 bits per heavy atom. The van der Waals surface area contributed by atoms with Crippen LogP contribution in [0, 0.1) is 24.0 Å². The Kier molecular flexibility index (Phi) is 4.63. The monoisotopic (exact) mass is 297 g/mol. The number of carbonyl (C=O) groups is 1. The zero-order valence-electron chi connectivity index (χ0n) is 12.2. The molecule has 1 amide bonds. The Balaban J connectivity index is 2.08. The van der Waals surface area contributed by atoms with Gasteiger partial charge >= 0.3 is 0 Å². The first-order chi connectivity index (χ1) is 10.5. The molecule has 0 saturated heterocycles. The summed E-state index contributed by atoms with van der Waals surface area (Å²) in [4.78, 5) is 22.3. The van der Waals surface area contributed by atoms with Crippen molar-refractivity contribution in [3.8, 4) is 0 Å². The highest BCUT2D eigenvalue weighted by Crippen LogP contribution is 2.18. The molecule has 6 nitrogen and oxygen atoms in total. The van der Waals surface area contributed by atoms with E-state index in [1.165, 1.54) is 12.3 Å². The van der Waals surface area contributed by atoms with Gasteiger partial charge in [0.05, 0.1) is 11.1 Å². The van der Waals surface area contributed by atoms with Gasteiger partial charge in [0, 0.05) is 22.8 Å². The summed E-state index contributed by atoms with van der Waals surface area (Å²) >= 11 is 0. The molecule has 0 aromatic heterocycles. The Morgan fingerprint density at radius 3 is 2.68 bits per heavy atom. The molecule has 0 unspecified atom stereocenters. The number of carbonyl (C=O) groups excluding carboxylic acids is 1. The lowest BCUT2D eigenvalue weighted by molar-refractivity contribution is -0.385. The van der Waals surface area contributed by atoms with Crippen LogP contribution in [0.3, 0.4) is 0 Å². The van der Waals surface area contributed by atoms with E-state index in [1.54, 1.807) is 37.3 Å². The van der Waals surface area contributed by atoms with Crippen LogP contribution in [0.15, 0.2) is 47.6 Å². The number of hydrazone groups is 1. The van der Waals surface area contributed by atoms with Gasteiger partial charge in [0.1, 0.15) is 0 Å². The average molecular weight is 297 g/mol. The van der Waals surface area contributed by atoms with E-state index in [-0.39, 0.29) is 11.6 Å². The van der Waals surface area contributed by atoms with Crippen molar-refractivity contribution in [3.63, 3.8) is 0 Å². The van der Waals surface area contributed by atoms with Crippen molar-refractivity contribution >= 4 is 17.8 Å². The van der Waals surface area contributed by atoms with Gasteiger partial charge in [-0.05, 0) is 26.0 Å². The van der Waals surface area contributed by atoms with Crippen LogP contribution in [0.2, 0.25) is 0 Å². The standard InChI is InChI=1S/C16H15N3O3/c1-11-4-3-5-14(8-11)16(20)18-17-10-13-7-6-12(2)15(9-13)19(21)22/h3-10H,1-2H3,(H,18,20)/b17-10+. The van der Waals surface area contributed by atoms with Crippen LogP contribution in [0.1, 0.15) is 27.0 Å². The Bertz CT molecular complexity index is 754. The number of nitro benzene ring substituents is 1. The summed E-state index contributed by atoms with van der Waals surface area (Å²) < 4.78 is 0. The third-order valence-corrected chi connectivity index (χ3v) is 3.09. The fourth-order valence-electron chi connectivity index (χ4n) is 1.92. The minimum absolute atomic E-state index is 0.0222. The molecule has 2 aromatic rings. The van der Waals surface area contributed by atoms with Crippen molar-refractivity contribution in [3.05, 3.63) is 74.8 Å². The lowest BCUT2D eigenvalue weighted by Crippen LogP contribution is -2.17. The predicted octanol–water partition coefficient (Wildman–Crippen LogP) is 2.98. The molecule has 0 aliphatic carbocycles. The van der Waals surface area contributed by atoms with E-state index in [0.717, 1.165) is 5.56 Å². The van der Waals surface area contributed by atoms with Crippen LogP contribution < -0.4 is 5.43 Å². The second-order valence-electron chi connectivity index (χ2n) is 4.87. The van der Waals surface area contributed by atoms with Crippen molar-refractivity contribution in [1.29, 1.82) is 0 Å². The molecule has 0 heterocycles. The second-order valence-corrected chi connectivity index (χ2v) is 4.87. The van der Waals surface area contributed by atoms with Gasteiger partial charge in [0.15, 0.2) is 0 Å². The first-order valence-corrected chi connectivity index (χ1v) is 6.62. The molecule has 0 radical (unpaired) electrons. The molecule has 0 atom stereocenters. The quantitative estimate of drug-likeness (QED) is 0.535. The van der Waals surface area contributed by atoms with Crippen LogP contribution in [0.5, 0.6) is 0 Å². The molecule has 2 rings (SSSR count). The zero-order chi connectivity index (χ0) is 16.1. The van der Waals surface area contributed by atoms with Crippen LogP contribution in [0.25, 0.3) is 0 Å². The highest BCUT2D eigenvalue weighted by Gasteiger charge is 2.10. The molecule has 2 aromatic carbocycles. The summed E-state index contributed by atoms with van der Waals surface area (Å²) in [7, 11) is 0. The summed E-state index contributed by atoms with van der Waals surface area (Å²) in [5, 5.41) is 14.7. The molecule has 0 aliphatic heterocycles. The summed E-state index contributed by atoms with van der Waals surface area (Å²) in [6.07, 6.45) is 1.38. The third-order valence-electron chi connectivity index (χ3n) is 3.09. The third kappa shape index (κ3) is 3.76. The normalized spacial score (nSPS) is 10.6. The molecule has 0 spiro atoms. The van der Waals surface area contributed by atoms with Crippen LogP contribution in [-0.2, 0) is 0 Å². The van der Waals surface area contributed by atoms with Crippen molar-refractivity contribution < 1.29 is 9.72 Å². The lowest BCUT2D eigenvalue weighted by atomic mass is 10.1. The van der Waals surface area contributed by atoms with Gasteiger partial charge in [-0.1, -0.05) is 29.8 Å². The molecule has 0 aliphatic rings. The predicted molar refractivity (Wildman–Crippen MR) is 84.1 cm³/mol. The second kappa shape index (κ2) is 6.62. The van der Waals surface area contributed by atoms with E-state index in [1.807, 2.05) is 13.0 Å². The first-order valence-electron chi connectivity index (χ1n) is 6.62. The van der Waals surface area contributed by atoms with Gasteiger partial charge in [0.25, 0.3) is 11.6 Å². The van der Waals surface area contributed by atoms with E-state index in [2.05, 4.69) is 10.5 Å². The van der Waals surface area contributed by atoms with E-state index >= 15 is 0 Å². The van der Waals surface area contributed by atoms with Crippen molar-refractivity contribution in [2.45, 2.75) is 13.8 Å². The number of rotatable bonds is 4. The maximum absolute atomic E-state index is 11.9. The maximum Gasteiger partial charge on any atom is 0.272 e. The Morgan fingerprint density at radius 1 is 1.23 bits per heavy atom.